The van der Waals surface area contributed by atoms with Crippen molar-refractivity contribution in [2.24, 2.45) is 11.8 Å². The lowest BCUT2D eigenvalue weighted by Crippen LogP contribution is -2.31. The van der Waals surface area contributed by atoms with Crippen LogP contribution >= 0.6 is 0 Å². The Hall–Kier alpha value is -2.04. The Bertz CT molecular complexity index is 903. The summed E-state index contributed by atoms with van der Waals surface area (Å²) in [6.45, 7) is 21.2. The van der Waals surface area contributed by atoms with Gasteiger partial charge in [-0.25, -0.2) is 0 Å². The highest BCUT2D eigenvalue weighted by atomic mass is 16.3. The highest BCUT2D eigenvalue weighted by molar-refractivity contribution is 5.41. The third-order valence-electron chi connectivity index (χ3n) is 7.21. The molecule has 4 nitrogen and oxygen atoms in total. The minimum absolute atomic E-state index is 0.0413. The van der Waals surface area contributed by atoms with E-state index in [0.29, 0.717) is 36.4 Å². The van der Waals surface area contributed by atoms with Crippen LogP contribution in [0.5, 0.6) is 11.5 Å². The van der Waals surface area contributed by atoms with E-state index in [2.05, 4.69) is 104 Å². The standard InChI is InChI=1S/C32H52N2O2/c1-23(2)19-31(5,6)27-11-13-29(35)25(17-27)21-34(16-15-33(9)10)22-26-18-28(12-14-30(26)36)32(7,8)20-24(3)4/h11-14,17-18,23-24,35-36H,15-16,19-22H2,1-10H3. The highest BCUT2D eigenvalue weighted by Gasteiger charge is 2.25. The second-order valence-corrected chi connectivity index (χ2v) is 13.2. The van der Waals surface area contributed by atoms with E-state index in [0.717, 1.165) is 37.1 Å². The lowest BCUT2D eigenvalue weighted by molar-refractivity contribution is 0.221. The van der Waals surface area contributed by atoms with Crippen LogP contribution in [0.4, 0.5) is 0 Å². The van der Waals surface area contributed by atoms with Crippen LogP contribution < -0.4 is 0 Å². The fourth-order valence-electron chi connectivity index (χ4n) is 5.58. The zero-order chi connectivity index (χ0) is 27.3. The molecule has 36 heavy (non-hydrogen) atoms. The molecule has 0 atom stereocenters. The molecule has 2 N–H and O–H groups in total. The molecule has 0 radical (unpaired) electrons. The first-order chi connectivity index (χ1) is 16.6. The normalized spacial score (nSPS) is 12.9. The summed E-state index contributed by atoms with van der Waals surface area (Å²) >= 11 is 0. The number of likely N-dealkylation sites (N-methyl/N-ethyl adjacent to an activating group) is 1. The minimum atomic E-state index is 0.0413. The number of benzene rings is 2. The molecule has 0 aromatic heterocycles. The molecule has 0 saturated carbocycles. The van der Waals surface area contributed by atoms with Crippen molar-refractivity contribution in [1.29, 1.82) is 0 Å². The summed E-state index contributed by atoms with van der Waals surface area (Å²) in [4.78, 5) is 4.51. The first-order valence-corrected chi connectivity index (χ1v) is 13.6. The van der Waals surface area contributed by atoms with E-state index < -0.39 is 0 Å². The molecular formula is C32H52N2O2. The van der Waals surface area contributed by atoms with Gasteiger partial charge in [0.25, 0.3) is 0 Å². The van der Waals surface area contributed by atoms with Crippen LogP contribution in [0, 0.1) is 11.8 Å². The van der Waals surface area contributed by atoms with Crippen LogP contribution in [-0.2, 0) is 23.9 Å². The van der Waals surface area contributed by atoms with Crippen molar-refractivity contribution in [3.63, 3.8) is 0 Å². The number of hydrogen-bond donors (Lipinski definition) is 2. The largest absolute Gasteiger partial charge is 0.508 e. The predicted molar refractivity (Wildman–Crippen MR) is 154 cm³/mol. The van der Waals surface area contributed by atoms with Gasteiger partial charge in [0.15, 0.2) is 0 Å². The van der Waals surface area contributed by atoms with Gasteiger partial charge >= 0.3 is 0 Å². The van der Waals surface area contributed by atoms with Gasteiger partial charge in [0.1, 0.15) is 11.5 Å². The summed E-state index contributed by atoms with van der Waals surface area (Å²) in [5.74, 6) is 1.88. The average Bonchev–Trinajstić information content (AvgIpc) is 2.72. The number of nitrogens with zero attached hydrogens (tertiary/aromatic N) is 2. The van der Waals surface area contributed by atoms with Gasteiger partial charge in [-0.15, -0.1) is 0 Å². The summed E-state index contributed by atoms with van der Waals surface area (Å²) in [5, 5.41) is 21.6. The van der Waals surface area contributed by atoms with Crippen molar-refractivity contribution in [2.45, 2.75) is 92.2 Å². The molecular weight excluding hydrogens is 444 g/mol. The third-order valence-corrected chi connectivity index (χ3v) is 7.21. The van der Waals surface area contributed by atoms with Gasteiger partial charge in [0.2, 0.25) is 0 Å². The second kappa shape index (κ2) is 12.5. The summed E-state index contributed by atoms with van der Waals surface area (Å²) in [6.07, 6.45) is 2.18. The van der Waals surface area contributed by atoms with E-state index in [-0.39, 0.29) is 10.8 Å². The fraction of sp³-hybridized carbons (Fsp3) is 0.625. The van der Waals surface area contributed by atoms with Crippen molar-refractivity contribution in [2.75, 3.05) is 27.2 Å². The Morgan fingerprint density at radius 3 is 1.39 bits per heavy atom. The summed E-state index contributed by atoms with van der Waals surface area (Å²) in [7, 11) is 4.16. The fourth-order valence-corrected chi connectivity index (χ4v) is 5.58. The topological polar surface area (TPSA) is 46.9 Å². The lowest BCUT2D eigenvalue weighted by atomic mass is 9.77. The quantitative estimate of drug-likeness (QED) is 0.305. The molecule has 0 aliphatic carbocycles. The van der Waals surface area contributed by atoms with E-state index in [4.69, 9.17) is 0 Å². The van der Waals surface area contributed by atoms with Crippen LogP contribution in [0.1, 0.15) is 90.5 Å². The van der Waals surface area contributed by atoms with Gasteiger partial charge < -0.3 is 15.1 Å². The van der Waals surface area contributed by atoms with Gasteiger partial charge in [-0.3, -0.25) is 4.90 Å². The molecule has 0 bridgehead atoms. The smallest absolute Gasteiger partial charge is 0.120 e. The van der Waals surface area contributed by atoms with Crippen LogP contribution in [0.3, 0.4) is 0 Å². The van der Waals surface area contributed by atoms with E-state index in [1.807, 2.05) is 12.1 Å². The molecule has 0 heterocycles. The summed E-state index contributed by atoms with van der Waals surface area (Å²) < 4.78 is 0. The van der Waals surface area contributed by atoms with Crippen LogP contribution in [-0.4, -0.2) is 47.2 Å². The van der Waals surface area contributed by atoms with E-state index in [1.165, 1.54) is 11.1 Å². The van der Waals surface area contributed by atoms with Gasteiger partial charge in [-0.2, -0.15) is 0 Å². The predicted octanol–water partition coefficient (Wildman–Crippen LogP) is 7.31. The third kappa shape index (κ3) is 8.81. The molecule has 0 unspecified atom stereocenters. The zero-order valence-electron chi connectivity index (χ0n) is 24.7. The van der Waals surface area contributed by atoms with Crippen molar-refractivity contribution in [1.82, 2.24) is 9.80 Å². The monoisotopic (exact) mass is 496 g/mol. The van der Waals surface area contributed by atoms with Crippen molar-refractivity contribution in [3.8, 4) is 11.5 Å². The Balaban J connectivity index is 2.37. The molecule has 2 aromatic rings. The minimum Gasteiger partial charge on any atom is -0.508 e. The Morgan fingerprint density at radius 2 is 1.06 bits per heavy atom. The molecule has 202 valence electrons. The number of rotatable bonds is 13. The van der Waals surface area contributed by atoms with Gasteiger partial charge in [0.05, 0.1) is 0 Å². The Kier molecular flexibility index (Phi) is 10.5. The van der Waals surface area contributed by atoms with Gasteiger partial charge in [-0.1, -0.05) is 79.7 Å². The maximum Gasteiger partial charge on any atom is 0.120 e. The molecule has 0 fully saturated rings. The maximum absolute atomic E-state index is 10.8. The molecule has 0 amide bonds. The lowest BCUT2D eigenvalue weighted by Gasteiger charge is -2.30. The van der Waals surface area contributed by atoms with E-state index >= 15 is 0 Å². The van der Waals surface area contributed by atoms with Crippen LogP contribution in [0.2, 0.25) is 0 Å². The van der Waals surface area contributed by atoms with E-state index in [9.17, 15) is 10.2 Å². The molecule has 4 heteroatoms. The highest BCUT2D eigenvalue weighted by Crippen LogP contribution is 2.35. The number of phenolic OH excluding ortho intramolecular Hbond substituents is 2. The molecule has 0 saturated heterocycles. The number of phenols is 2. The van der Waals surface area contributed by atoms with Crippen molar-refractivity contribution in [3.05, 3.63) is 58.7 Å². The summed E-state index contributed by atoms with van der Waals surface area (Å²) in [5.41, 5.74) is 4.49. The maximum atomic E-state index is 10.8. The molecule has 0 aliphatic rings. The first kappa shape index (κ1) is 30.2. The van der Waals surface area contributed by atoms with Crippen molar-refractivity contribution < 1.29 is 10.2 Å². The van der Waals surface area contributed by atoms with E-state index in [1.54, 1.807) is 0 Å². The Labute approximate surface area is 221 Å². The second-order valence-electron chi connectivity index (χ2n) is 13.2. The summed E-state index contributed by atoms with van der Waals surface area (Å²) in [6, 6.07) is 12.2. The molecule has 2 aromatic carbocycles. The zero-order valence-corrected chi connectivity index (χ0v) is 24.7. The van der Waals surface area contributed by atoms with Crippen LogP contribution in [0.25, 0.3) is 0 Å². The SMILES string of the molecule is CC(C)CC(C)(C)c1ccc(O)c(CN(CCN(C)C)Cc2cc(C(C)(C)CC(C)C)ccc2O)c1. The average molecular weight is 497 g/mol. The number of hydrogen-bond acceptors (Lipinski definition) is 4. The molecule has 0 aliphatic heterocycles. The molecule has 2 rings (SSSR count). The van der Waals surface area contributed by atoms with Crippen LogP contribution in [0.15, 0.2) is 36.4 Å². The molecule has 0 spiro atoms. The Morgan fingerprint density at radius 1 is 0.667 bits per heavy atom. The van der Waals surface area contributed by atoms with Crippen molar-refractivity contribution >= 4 is 0 Å². The number of aromatic hydroxyl groups is 2. The van der Waals surface area contributed by atoms with Gasteiger partial charge in [-0.05, 0) is 72.9 Å². The first-order valence-electron chi connectivity index (χ1n) is 13.6. The van der Waals surface area contributed by atoms with Gasteiger partial charge in [0, 0.05) is 37.3 Å².